The minimum atomic E-state index is -0.412. The zero-order valence-corrected chi connectivity index (χ0v) is 17.6. The molecule has 0 radical (unpaired) electrons. The van der Waals surface area contributed by atoms with E-state index in [1.165, 1.54) is 12.8 Å². The lowest BCUT2D eigenvalue weighted by molar-refractivity contribution is -0.124. The molecule has 1 N–H and O–H groups in total. The fraction of sp³-hybridized carbons (Fsp3) is 0.440. The number of carbonyl (C=O) groups is 2. The molecule has 29 heavy (non-hydrogen) atoms. The molecule has 1 amide bonds. The number of nitrogens with zero attached hydrogens (tertiary/aromatic N) is 1. The molecular formula is C25H32N2O2. The first-order chi connectivity index (χ1) is 14.0. The number of carbonyl (C=O) groups excluding carboxylic acids is 2. The molecule has 4 nitrogen and oxygen atoms in total. The molecule has 1 unspecified atom stereocenters. The molecular weight excluding hydrogens is 360 g/mol. The van der Waals surface area contributed by atoms with Gasteiger partial charge in [-0.3, -0.25) is 9.59 Å². The second-order valence-electron chi connectivity index (χ2n) is 8.26. The number of benzene rings is 2. The summed E-state index contributed by atoms with van der Waals surface area (Å²) in [4.78, 5) is 26.8. The average molecular weight is 393 g/mol. The van der Waals surface area contributed by atoms with E-state index in [1.54, 1.807) is 6.92 Å². The molecule has 2 aromatic carbocycles. The summed E-state index contributed by atoms with van der Waals surface area (Å²) in [6.07, 6.45) is 4.28. The van der Waals surface area contributed by atoms with Crippen molar-refractivity contribution in [2.75, 3.05) is 19.6 Å². The number of hydrogen-bond donors (Lipinski definition) is 1. The molecule has 1 atom stereocenters. The Bertz CT molecular complexity index is 782. The van der Waals surface area contributed by atoms with E-state index < -0.39 is 5.41 Å². The maximum atomic E-state index is 12.8. The molecule has 0 bridgehead atoms. The molecule has 154 valence electrons. The zero-order chi connectivity index (χ0) is 20.7. The first-order valence-corrected chi connectivity index (χ1v) is 10.7. The summed E-state index contributed by atoms with van der Waals surface area (Å²) in [5.74, 6) is 0.162. The lowest BCUT2D eigenvalue weighted by atomic mass is 9.92. The van der Waals surface area contributed by atoms with Gasteiger partial charge >= 0.3 is 0 Å². The highest BCUT2D eigenvalue weighted by Crippen LogP contribution is 2.48. The van der Waals surface area contributed by atoms with E-state index in [0.29, 0.717) is 5.56 Å². The van der Waals surface area contributed by atoms with Gasteiger partial charge in [0.25, 0.3) is 0 Å². The highest BCUT2D eigenvalue weighted by atomic mass is 16.2. The minimum Gasteiger partial charge on any atom is -0.352 e. The van der Waals surface area contributed by atoms with E-state index in [1.807, 2.05) is 60.7 Å². The van der Waals surface area contributed by atoms with E-state index in [9.17, 15) is 9.59 Å². The lowest BCUT2D eigenvalue weighted by Crippen LogP contribution is -2.45. The third-order valence-corrected chi connectivity index (χ3v) is 5.78. The first kappa shape index (κ1) is 21.3. The standard InChI is InChI=1S/C19H26N2O2.C6H6/c1-14(13-21-10-3-4-11-21)20-18(23)19(8-9-19)17-7-5-6-16(12-17)15(2)22;1-2-4-6-5-3-1/h5-7,12,14H,3-4,8-11,13H2,1-2H3,(H,20,23);1-6H. The molecule has 1 saturated heterocycles. The molecule has 4 heteroatoms. The molecule has 1 aliphatic carbocycles. The summed E-state index contributed by atoms with van der Waals surface area (Å²) in [5, 5.41) is 3.19. The second-order valence-corrected chi connectivity index (χ2v) is 8.26. The molecule has 1 heterocycles. The highest BCUT2D eigenvalue weighted by molar-refractivity contribution is 5.96. The van der Waals surface area contributed by atoms with Gasteiger partial charge in [0, 0.05) is 18.2 Å². The van der Waals surface area contributed by atoms with Crippen LogP contribution >= 0.6 is 0 Å². The molecule has 1 saturated carbocycles. The van der Waals surface area contributed by atoms with Gasteiger partial charge in [-0.25, -0.2) is 0 Å². The Morgan fingerprint density at radius 2 is 1.59 bits per heavy atom. The quantitative estimate of drug-likeness (QED) is 0.749. The Kier molecular flexibility index (Phi) is 7.21. The van der Waals surface area contributed by atoms with Gasteiger partial charge in [0.1, 0.15) is 0 Å². The summed E-state index contributed by atoms with van der Waals surface area (Å²) < 4.78 is 0. The fourth-order valence-electron chi connectivity index (χ4n) is 3.95. The van der Waals surface area contributed by atoms with E-state index >= 15 is 0 Å². The van der Waals surface area contributed by atoms with E-state index in [0.717, 1.165) is 38.0 Å². The summed E-state index contributed by atoms with van der Waals surface area (Å²) in [5.41, 5.74) is 1.26. The summed E-state index contributed by atoms with van der Waals surface area (Å²) >= 11 is 0. The van der Waals surface area contributed by atoms with Crippen LogP contribution in [0.3, 0.4) is 0 Å². The van der Waals surface area contributed by atoms with Gasteiger partial charge in [0.15, 0.2) is 5.78 Å². The van der Waals surface area contributed by atoms with Gasteiger partial charge in [-0.05, 0) is 64.3 Å². The Morgan fingerprint density at radius 3 is 2.10 bits per heavy atom. The monoisotopic (exact) mass is 392 g/mol. The van der Waals surface area contributed by atoms with Gasteiger partial charge in [0.05, 0.1) is 5.41 Å². The summed E-state index contributed by atoms with van der Waals surface area (Å²) in [6.45, 7) is 6.86. The Labute approximate surface area is 174 Å². The summed E-state index contributed by atoms with van der Waals surface area (Å²) in [6, 6.07) is 19.7. The highest BCUT2D eigenvalue weighted by Gasteiger charge is 2.51. The van der Waals surface area contributed by atoms with E-state index in [2.05, 4.69) is 17.1 Å². The van der Waals surface area contributed by atoms with Crippen LogP contribution in [0.15, 0.2) is 60.7 Å². The van der Waals surface area contributed by atoms with Gasteiger partial charge in [-0.1, -0.05) is 54.6 Å². The Hall–Kier alpha value is -2.46. The van der Waals surface area contributed by atoms with E-state index in [-0.39, 0.29) is 17.7 Å². The smallest absolute Gasteiger partial charge is 0.230 e. The number of nitrogens with one attached hydrogen (secondary N) is 1. The van der Waals surface area contributed by atoms with Crippen molar-refractivity contribution in [2.24, 2.45) is 0 Å². The Balaban J connectivity index is 0.000000343. The zero-order valence-electron chi connectivity index (χ0n) is 17.6. The maximum Gasteiger partial charge on any atom is 0.230 e. The van der Waals surface area contributed by atoms with Crippen LogP contribution in [0.2, 0.25) is 0 Å². The van der Waals surface area contributed by atoms with Crippen molar-refractivity contribution in [2.45, 2.75) is 51.0 Å². The van der Waals surface area contributed by atoms with Crippen LogP contribution in [0.25, 0.3) is 0 Å². The topological polar surface area (TPSA) is 49.4 Å². The fourth-order valence-corrected chi connectivity index (χ4v) is 3.95. The molecule has 0 spiro atoms. The molecule has 2 aliphatic rings. The largest absolute Gasteiger partial charge is 0.352 e. The van der Waals surface area contributed by atoms with Gasteiger partial charge in [-0.2, -0.15) is 0 Å². The van der Waals surface area contributed by atoms with Crippen molar-refractivity contribution in [1.29, 1.82) is 0 Å². The molecule has 4 rings (SSSR count). The third kappa shape index (κ3) is 5.77. The number of hydrogen-bond acceptors (Lipinski definition) is 3. The van der Waals surface area contributed by atoms with Gasteiger partial charge in [0.2, 0.25) is 5.91 Å². The van der Waals surface area contributed by atoms with Crippen LogP contribution in [0.4, 0.5) is 0 Å². The molecule has 2 fully saturated rings. The first-order valence-electron chi connectivity index (χ1n) is 10.7. The summed E-state index contributed by atoms with van der Waals surface area (Å²) in [7, 11) is 0. The normalized spacial score (nSPS) is 18.3. The number of Topliss-reactive ketones (excluding diaryl/α,β-unsaturated/α-hetero) is 1. The number of ketones is 1. The van der Waals surface area contributed by atoms with Crippen LogP contribution in [-0.2, 0) is 10.2 Å². The van der Waals surface area contributed by atoms with Crippen molar-refractivity contribution < 1.29 is 9.59 Å². The number of rotatable bonds is 6. The number of likely N-dealkylation sites (tertiary alicyclic amines) is 1. The lowest BCUT2D eigenvalue weighted by Gasteiger charge is -2.24. The van der Waals surface area contributed by atoms with Crippen LogP contribution in [0.5, 0.6) is 0 Å². The average Bonchev–Trinajstić information content (AvgIpc) is 3.41. The Morgan fingerprint density at radius 1 is 1.00 bits per heavy atom. The van der Waals surface area contributed by atoms with Crippen LogP contribution in [0, 0.1) is 0 Å². The number of amides is 1. The predicted octanol–water partition coefficient (Wildman–Crippen LogP) is 4.21. The van der Waals surface area contributed by atoms with Crippen molar-refractivity contribution >= 4 is 11.7 Å². The van der Waals surface area contributed by atoms with Crippen molar-refractivity contribution in [1.82, 2.24) is 10.2 Å². The second kappa shape index (κ2) is 9.84. The third-order valence-electron chi connectivity index (χ3n) is 5.78. The molecule has 1 aliphatic heterocycles. The van der Waals surface area contributed by atoms with Crippen molar-refractivity contribution in [3.63, 3.8) is 0 Å². The molecule has 0 aromatic heterocycles. The van der Waals surface area contributed by atoms with Crippen molar-refractivity contribution in [3.05, 3.63) is 71.8 Å². The van der Waals surface area contributed by atoms with Crippen molar-refractivity contribution in [3.8, 4) is 0 Å². The van der Waals surface area contributed by atoms with Crippen LogP contribution < -0.4 is 5.32 Å². The van der Waals surface area contributed by atoms with Crippen LogP contribution in [0.1, 0.15) is 55.5 Å². The predicted molar refractivity (Wildman–Crippen MR) is 117 cm³/mol. The molecule has 2 aromatic rings. The van der Waals surface area contributed by atoms with E-state index in [4.69, 9.17) is 0 Å². The van der Waals surface area contributed by atoms with Gasteiger partial charge < -0.3 is 10.2 Å². The minimum absolute atomic E-state index is 0.0467. The van der Waals surface area contributed by atoms with Gasteiger partial charge in [-0.15, -0.1) is 0 Å². The van der Waals surface area contributed by atoms with Crippen LogP contribution in [-0.4, -0.2) is 42.3 Å². The maximum absolute atomic E-state index is 12.8. The SMILES string of the molecule is CC(=O)c1cccc(C2(C(=O)NC(C)CN3CCCC3)CC2)c1.c1ccccc1.